The molecule has 11 heavy (non-hydrogen) atoms. The first kappa shape index (κ1) is 14.5. The molecular weight excluding hydrogens is 269 g/mol. The van der Waals surface area contributed by atoms with E-state index in [1.807, 2.05) is 0 Å². The van der Waals surface area contributed by atoms with Gasteiger partial charge < -0.3 is 16.6 Å². The Balaban J connectivity index is 0. The molecule has 5 heteroatoms. The summed E-state index contributed by atoms with van der Waals surface area (Å²) in [7, 11) is 0. The fraction of sp³-hybridized carbons (Fsp3) is 0.833. The quantitative estimate of drug-likeness (QED) is 0.429. The molecule has 0 amide bonds. The van der Waals surface area contributed by atoms with E-state index in [4.69, 9.17) is 16.6 Å². The second kappa shape index (κ2) is 9.05. The Morgan fingerprint density at radius 3 is 2.36 bits per heavy atom. The van der Waals surface area contributed by atoms with Gasteiger partial charge in [0.1, 0.15) is 6.04 Å². The fourth-order valence-electron chi connectivity index (χ4n) is 0.632. The van der Waals surface area contributed by atoms with Crippen LogP contribution >= 0.6 is 0 Å². The SMILES string of the molecule is NCCCCC(N)C(=O)O.[BaH2]. The first-order valence-corrected chi connectivity index (χ1v) is 3.37. The van der Waals surface area contributed by atoms with Crippen LogP contribution in [0.1, 0.15) is 19.3 Å². The number of hydrogen-bond acceptors (Lipinski definition) is 3. The van der Waals surface area contributed by atoms with Gasteiger partial charge in [-0.05, 0) is 19.4 Å². The Morgan fingerprint density at radius 2 is 2.00 bits per heavy atom. The molecular formula is C6H16BaN2O2. The van der Waals surface area contributed by atoms with Crippen molar-refractivity contribution in [1.29, 1.82) is 0 Å². The maximum atomic E-state index is 10.1. The third-order valence-electron chi connectivity index (χ3n) is 1.29. The monoisotopic (exact) mass is 286 g/mol. The van der Waals surface area contributed by atoms with Crippen LogP contribution in [0.4, 0.5) is 0 Å². The standard InChI is InChI=1S/C6H14N2O2.Ba.2H/c7-4-2-1-3-5(8)6(9)10;;;/h5H,1-4,7-8H2,(H,9,10);;;. The molecule has 0 saturated carbocycles. The summed E-state index contributed by atoms with van der Waals surface area (Å²) < 4.78 is 0. The van der Waals surface area contributed by atoms with E-state index < -0.39 is 12.0 Å². The van der Waals surface area contributed by atoms with Gasteiger partial charge in [-0.1, -0.05) is 6.42 Å². The normalized spacial score (nSPS) is 11.8. The molecule has 5 N–H and O–H groups in total. The molecule has 0 heterocycles. The number of carbonyl (C=O) groups is 1. The van der Waals surface area contributed by atoms with Crippen LogP contribution in [0.2, 0.25) is 0 Å². The van der Waals surface area contributed by atoms with Gasteiger partial charge in [0.15, 0.2) is 0 Å². The van der Waals surface area contributed by atoms with Crippen molar-refractivity contribution >= 4 is 54.9 Å². The van der Waals surface area contributed by atoms with E-state index in [1.165, 1.54) is 0 Å². The summed E-state index contributed by atoms with van der Waals surface area (Å²) in [4.78, 5) is 10.1. The third-order valence-corrected chi connectivity index (χ3v) is 1.29. The van der Waals surface area contributed by atoms with Crippen molar-refractivity contribution in [2.75, 3.05) is 6.54 Å². The summed E-state index contributed by atoms with van der Waals surface area (Å²) in [5.74, 6) is -0.933. The number of nitrogens with two attached hydrogens (primary N) is 2. The number of carboxylic acids is 1. The van der Waals surface area contributed by atoms with Crippen molar-refractivity contribution in [3.05, 3.63) is 0 Å². The summed E-state index contributed by atoms with van der Waals surface area (Å²) in [5, 5.41) is 8.33. The zero-order valence-electron chi connectivity index (χ0n) is 5.92. The summed E-state index contributed by atoms with van der Waals surface area (Å²) in [5.41, 5.74) is 10.4. The molecule has 0 fully saturated rings. The van der Waals surface area contributed by atoms with Crippen molar-refractivity contribution in [2.45, 2.75) is 25.3 Å². The van der Waals surface area contributed by atoms with Crippen LogP contribution in [0.15, 0.2) is 0 Å². The number of unbranched alkanes of at least 4 members (excludes halogenated alkanes) is 1. The molecule has 4 nitrogen and oxygen atoms in total. The Hall–Kier alpha value is 0.961. The Morgan fingerprint density at radius 1 is 1.45 bits per heavy atom. The molecule has 0 saturated heterocycles. The second-order valence-electron chi connectivity index (χ2n) is 2.23. The number of aliphatic carboxylic acids is 1. The number of rotatable bonds is 5. The van der Waals surface area contributed by atoms with Crippen LogP contribution < -0.4 is 11.5 Å². The maximum absolute atomic E-state index is 10.1. The van der Waals surface area contributed by atoms with Crippen molar-refractivity contribution in [3.63, 3.8) is 0 Å². The van der Waals surface area contributed by atoms with Gasteiger partial charge in [0.25, 0.3) is 0 Å². The molecule has 0 spiro atoms. The van der Waals surface area contributed by atoms with Gasteiger partial charge in [-0.2, -0.15) is 0 Å². The van der Waals surface area contributed by atoms with Gasteiger partial charge in [-0.15, -0.1) is 0 Å². The predicted molar refractivity (Wildman–Crippen MR) is 47.1 cm³/mol. The molecule has 1 unspecified atom stereocenters. The summed E-state index contributed by atoms with van der Waals surface area (Å²) in [6, 6.07) is -0.716. The van der Waals surface area contributed by atoms with Crippen molar-refractivity contribution in [1.82, 2.24) is 0 Å². The zero-order chi connectivity index (χ0) is 7.98. The van der Waals surface area contributed by atoms with Crippen molar-refractivity contribution < 1.29 is 9.90 Å². The average Bonchev–Trinajstić information content (AvgIpc) is 1.88. The van der Waals surface area contributed by atoms with Crippen LogP contribution in [-0.4, -0.2) is 72.5 Å². The third kappa shape index (κ3) is 8.87. The Labute approximate surface area is 107 Å². The van der Waals surface area contributed by atoms with Crippen LogP contribution in [0.3, 0.4) is 0 Å². The molecule has 0 radical (unpaired) electrons. The van der Waals surface area contributed by atoms with Gasteiger partial charge in [0.2, 0.25) is 0 Å². The van der Waals surface area contributed by atoms with Gasteiger partial charge >= 0.3 is 54.9 Å². The molecule has 0 aliphatic heterocycles. The molecule has 0 aromatic carbocycles. The molecule has 0 rings (SSSR count). The molecule has 0 aromatic rings. The molecule has 0 bridgehead atoms. The Bertz CT molecular complexity index is 111. The van der Waals surface area contributed by atoms with E-state index in [2.05, 4.69) is 0 Å². The first-order chi connectivity index (χ1) is 4.68. The van der Waals surface area contributed by atoms with Gasteiger partial charge in [-0.3, -0.25) is 4.79 Å². The van der Waals surface area contributed by atoms with Gasteiger partial charge in [-0.25, -0.2) is 0 Å². The minimum atomic E-state index is -0.933. The van der Waals surface area contributed by atoms with Crippen molar-refractivity contribution in [3.8, 4) is 0 Å². The van der Waals surface area contributed by atoms with E-state index in [-0.39, 0.29) is 48.9 Å². The topological polar surface area (TPSA) is 89.3 Å². The van der Waals surface area contributed by atoms with E-state index in [9.17, 15) is 4.79 Å². The Kier molecular flexibility index (Phi) is 11.9. The van der Waals surface area contributed by atoms with Gasteiger partial charge in [0.05, 0.1) is 0 Å². The second-order valence-corrected chi connectivity index (χ2v) is 2.23. The zero-order valence-corrected chi connectivity index (χ0v) is 5.92. The summed E-state index contributed by atoms with van der Waals surface area (Å²) in [6.45, 7) is 0.604. The molecule has 0 aromatic heterocycles. The van der Waals surface area contributed by atoms with E-state index in [0.29, 0.717) is 13.0 Å². The van der Waals surface area contributed by atoms with Crippen LogP contribution in [0.5, 0.6) is 0 Å². The van der Waals surface area contributed by atoms with E-state index in [1.54, 1.807) is 0 Å². The number of hydrogen-bond donors (Lipinski definition) is 3. The fourth-order valence-corrected chi connectivity index (χ4v) is 0.632. The predicted octanol–water partition coefficient (Wildman–Crippen LogP) is -1.39. The number of carboxylic acid groups (broad SMARTS) is 1. The average molecular weight is 286 g/mol. The first-order valence-electron chi connectivity index (χ1n) is 3.37. The summed E-state index contributed by atoms with van der Waals surface area (Å²) in [6.07, 6.45) is 2.16. The van der Waals surface area contributed by atoms with Crippen LogP contribution in [0.25, 0.3) is 0 Å². The minimum absolute atomic E-state index is 0. The van der Waals surface area contributed by atoms with Crippen LogP contribution in [-0.2, 0) is 4.79 Å². The van der Waals surface area contributed by atoms with E-state index >= 15 is 0 Å². The van der Waals surface area contributed by atoms with Gasteiger partial charge in [0, 0.05) is 0 Å². The molecule has 1 atom stereocenters. The molecule has 0 aliphatic rings. The van der Waals surface area contributed by atoms with E-state index in [0.717, 1.165) is 12.8 Å². The van der Waals surface area contributed by atoms with Crippen LogP contribution in [0, 0.1) is 0 Å². The summed E-state index contributed by atoms with van der Waals surface area (Å²) >= 11 is 0. The molecule has 64 valence electrons. The molecule has 0 aliphatic carbocycles. The van der Waals surface area contributed by atoms with Crippen molar-refractivity contribution in [2.24, 2.45) is 11.5 Å².